The van der Waals surface area contributed by atoms with Crippen LogP contribution in [0, 0.1) is 11.3 Å². The number of ketones is 1. The van der Waals surface area contributed by atoms with Crippen LogP contribution in [-0.4, -0.2) is 37.6 Å². The molecule has 1 aliphatic heterocycles. The zero-order valence-corrected chi connectivity index (χ0v) is 18.7. The summed E-state index contributed by atoms with van der Waals surface area (Å²) in [5.41, 5.74) is 3.19. The average molecular weight is 468 g/mol. The molecule has 35 heavy (non-hydrogen) atoms. The van der Waals surface area contributed by atoms with Crippen LogP contribution in [0.3, 0.4) is 0 Å². The molecule has 2 N–H and O–H groups in total. The quantitative estimate of drug-likeness (QED) is 0.314. The van der Waals surface area contributed by atoms with Crippen LogP contribution in [-0.2, 0) is 6.54 Å². The van der Waals surface area contributed by atoms with E-state index in [0.29, 0.717) is 30.7 Å². The van der Waals surface area contributed by atoms with Crippen LogP contribution in [0.4, 0.5) is 0 Å². The standard InChI is InChI=1S/C26H20N4O5/c1-34-18-9-19-15(6-23-26(33)24-21(32)7-17(31)8-22(24)35-23)13-30(5-3-2-4-27)25(19)20(10-18)16-11-28-14-29-12-16/h6-14,31-32H,2-3,5H2,1H3/b23-6-. The van der Waals surface area contributed by atoms with Crippen LogP contribution >= 0.6 is 0 Å². The van der Waals surface area contributed by atoms with E-state index in [1.165, 1.54) is 12.4 Å². The van der Waals surface area contributed by atoms with E-state index >= 15 is 0 Å². The number of carbonyl (C=O) groups is 1. The smallest absolute Gasteiger partial charge is 0.235 e. The van der Waals surface area contributed by atoms with E-state index < -0.39 is 5.78 Å². The number of Topliss-reactive ketones (excluding diaryl/α,β-unsaturated/α-hetero) is 1. The zero-order chi connectivity index (χ0) is 24.5. The number of carbonyl (C=O) groups excluding carboxylic acids is 1. The molecule has 0 fully saturated rings. The van der Waals surface area contributed by atoms with Crippen molar-refractivity contribution in [3.8, 4) is 40.2 Å². The van der Waals surface area contributed by atoms with Gasteiger partial charge in [0.05, 0.1) is 18.7 Å². The molecule has 1 aliphatic rings. The van der Waals surface area contributed by atoms with Crippen LogP contribution in [0.1, 0.15) is 28.8 Å². The van der Waals surface area contributed by atoms with Gasteiger partial charge in [-0.1, -0.05) is 0 Å². The Hall–Kier alpha value is -4.84. The Bertz CT molecular complexity index is 1530. The topological polar surface area (TPSA) is 130 Å². The van der Waals surface area contributed by atoms with Crippen molar-refractivity contribution >= 4 is 22.8 Å². The van der Waals surface area contributed by atoms with E-state index in [2.05, 4.69) is 16.0 Å². The van der Waals surface area contributed by atoms with Gasteiger partial charge in [-0.15, -0.1) is 0 Å². The van der Waals surface area contributed by atoms with Gasteiger partial charge in [0.15, 0.2) is 5.76 Å². The lowest BCUT2D eigenvalue weighted by Gasteiger charge is -2.11. The Kier molecular flexibility index (Phi) is 5.55. The number of rotatable bonds is 6. The number of benzene rings is 2. The molecule has 4 aromatic rings. The number of ether oxygens (including phenoxy) is 2. The zero-order valence-electron chi connectivity index (χ0n) is 18.7. The number of fused-ring (bicyclic) bond motifs is 2. The highest BCUT2D eigenvalue weighted by atomic mass is 16.5. The van der Waals surface area contributed by atoms with Crippen molar-refractivity contribution < 1.29 is 24.5 Å². The summed E-state index contributed by atoms with van der Waals surface area (Å²) in [6.45, 7) is 0.573. The van der Waals surface area contributed by atoms with Crippen LogP contribution in [0.5, 0.6) is 23.0 Å². The second kappa shape index (κ2) is 8.83. The monoisotopic (exact) mass is 468 g/mol. The number of aromatic hydroxyl groups is 2. The maximum atomic E-state index is 13.0. The SMILES string of the molecule is COc1cc(-c2cncnc2)c2c(c1)c(/C=C1\Oc3cc(O)cc(O)c3C1=O)cn2CCCC#N. The molecular weight excluding hydrogens is 448 g/mol. The molecule has 0 radical (unpaired) electrons. The third kappa shape index (κ3) is 3.91. The Balaban J connectivity index is 1.70. The van der Waals surface area contributed by atoms with Gasteiger partial charge in [0.25, 0.3) is 0 Å². The second-order valence-corrected chi connectivity index (χ2v) is 8.02. The minimum Gasteiger partial charge on any atom is -0.508 e. The number of phenols is 2. The minimum absolute atomic E-state index is 0.00603. The van der Waals surface area contributed by atoms with Gasteiger partial charge in [-0.25, -0.2) is 9.97 Å². The van der Waals surface area contributed by atoms with Gasteiger partial charge in [0, 0.05) is 65.8 Å². The summed E-state index contributed by atoms with van der Waals surface area (Å²) in [7, 11) is 1.57. The van der Waals surface area contributed by atoms with Gasteiger partial charge in [0.2, 0.25) is 5.78 Å². The molecule has 3 heterocycles. The highest BCUT2D eigenvalue weighted by Gasteiger charge is 2.31. The Labute approximate surface area is 200 Å². The number of unbranched alkanes of at least 4 members (excludes halogenated alkanes) is 1. The van der Waals surface area contributed by atoms with Crippen molar-refractivity contribution in [2.24, 2.45) is 0 Å². The van der Waals surface area contributed by atoms with E-state index in [1.807, 2.05) is 22.9 Å². The maximum absolute atomic E-state index is 13.0. The molecule has 0 saturated heterocycles. The summed E-state index contributed by atoms with van der Waals surface area (Å²) in [6.07, 6.45) is 9.40. The van der Waals surface area contributed by atoms with E-state index in [1.54, 1.807) is 25.6 Å². The normalized spacial score (nSPS) is 13.6. The maximum Gasteiger partial charge on any atom is 0.235 e. The number of nitrogens with zero attached hydrogens (tertiary/aromatic N) is 4. The summed E-state index contributed by atoms with van der Waals surface area (Å²) in [6, 6.07) is 8.32. The number of methoxy groups -OCH3 is 1. The molecule has 174 valence electrons. The second-order valence-electron chi connectivity index (χ2n) is 8.02. The summed E-state index contributed by atoms with van der Waals surface area (Å²) in [4.78, 5) is 21.3. The molecule has 0 saturated carbocycles. The van der Waals surface area contributed by atoms with Crippen molar-refractivity contribution in [3.05, 3.63) is 66.1 Å². The predicted molar refractivity (Wildman–Crippen MR) is 127 cm³/mol. The number of nitriles is 1. The molecular formula is C26H20N4O5. The Morgan fingerprint density at radius 3 is 2.74 bits per heavy atom. The first-order valence-corrected chi connectivity index (χ1v) is 10.8. The fraction of sp³-hybridized carbons (Fsp3) is 0.154. The molecule has 0 aliphatic carbocycles. The molecule has 0 spiro atoms. The van der Waals surface area contributed by atoms with Crippen LogP contribution in [0.2, 0.25) is 0 Å². The molecule has 0 atom stereocenters. The number of hydrogen-bond acceptors (Lipinski definition) is 8. The molecule has 9 heteroatoms. The molecule has 0 amide bonds. The van der Waals surface area contributed by atoms with Crippen molar-refractivity contribution in [3.63, 3.8) is 0 Å². The fourth-order valence-electron chi connectivity index (χ4n) is 4.25. The number of allylic oxidation sites excluding steroid dienone is 1. The third-order valence-corrected chi connectivity index (χ3v) is 5.79. The summed E-state index contributed by atoms with van der Waals surface area (Å²) in [5.74, 6) is -0.317. The van der Waals surface area contributed by atoms with Gasteiger partial charge in [-0.2, -0.15) is 5.26 Å². The summed E-state index contributed by atoms with van der Waals surface area (Å²) < 4.78 is 13.3. The van der Waals surface area contributed by atoms with E-state index in [0.717, 1.165) is 28.1 Å². The highest BCUT2D eigenvalue weighted by Crippen LogP contribution is 2.42. The molecule has 0 bridgehead atoms. The number of aromatic nitrogens is 3. The number of phenolic OH excluding ortho intramolecular Hbond substituents is 2. The third-order valence-electron chi connectivity index (χ3n) is 5.79. The van der Waals surface area contributed by atoms with E-state index in [4.69, 9.17) is 14.7 Å². The first kappa shape index (κ1) is 22.0. The van der Waals surface area contributed by atoms with Crippen molar-refractivity contribution in [1.82, 2.24) is 14.5 Å². The van der Waals surface area contributed by atoms with Gasteiger partial charge >= 0.3 is 0 Å². The highest BCUT2D eigenvalue weighted by molar-refractivity contribution is 6.17. The predicted octanol–water partition coefficient (Wildman–Crippen LogP) is 4.44. The van der Waals surface area contributed by atoms with Crippen molar-refractivity contribution in [2.45, 2.75) is 19.4 Å². The first-order chi connectivity index (χ1) is 17.0. The minimum atomic E-state index is -0.484. The van der Waals surface area contributed by atoms with Gasteiger partial charge < -0.3 is 24.3 Å². The van der Waals surface area contributed by atoms with Gasteiger partial charge in [-0.05, 0) is 24.6 Å². The average Bonchev–Trinajstić information content (AvgIpc) is 3.36. The van der Waals surface area contributed by atoms with Crippen LogP contribution in [0.15, 0.2) is 54.9 Å². The van der Waals surface area contributed by atoms with Crippen LogP contribution in [0.25, 0.3) is 28.1 Å². The summed E-state index contributed by atoms with van der Waals surface area (Å²) >= 11 is 0. The lowest BCUT2D eigenvalue weighted by molar-refractivity contribution is 0.101. The Morgan fingerprint density at radius 1 is 1.20 bits per heavy atom. The van der Waals surface area contributed by atoms with Crippen molar-refractivity contribution in [1.29, 1.82) is 5.26 Å². The van der Waals surface area contributed by atoms with Gasteiger partial charge in [-0.3, -0.25) is 4.79 Å². The largest absolute Gasteiger partial charge is 0.508 e. The number of hydrogen-bond donors (Lipinski definition) is 2. The lowest BCUT2D eigenvalue weighted by Crippen LogP contribution is -1.98. The Morgan fingerprint density at radius 2 is 2.00 bits per heavy atom. The van der Waals surface area contributed by atoms with E-state index in [-0.39, 0.29) is 28.6 Å². The number of aryl methyl sites for hydroxylation is 1. The fourth-order valence-corrected chi connectivity index (χ4v) is 4.25. The molecule has 0 unspecified atom stereocenters. The molecule has 9 nitrogen and oxygen atoms in total. The molecule has 2 aromatic carbocycles. The van der Waals surface area contributed by atoms with Gasteiger partial charge in [0.1, 0.15) is 34.9 Å². The van der Waals surface area contributed by atoms with Crippen molar-refractivity contribution in [2.75, 3.05) is 7.11 Å². The molecule has 2 aromatic heterocycles. The van der Waals surface area contributed by atoms with Crippen LogP contribution < -0.4 is 9.47 Å². The lowest BCUT2D eigenvalue weighted by atomic mass is 10.0. The van der Waals surface area contributed by atoms with E-state index in [9.17, 15) is 15.0 Å². The first-order valence-electron chi connectivity index (χ1n) is 10.8. The summed E-state index contributed by atoms with van der Waals surface area (Å²) in [5, 5.41) is 29.7. The molecule has 5 rings (SSSR count).